The Hall–Kier alpha value is -1.89. The fourth-order valence-corrected chi connectivity index (χ4v) is 6.72. The van der Waals surface area contributed by atoms with Crippen LogP contribution in [0.4, 0.5) is 4.39 Å². The van der Waals surface area contributed by atoms with Crippen LogP contribution in [0.1, 0.15) is 102 Å². The third-order valence-corrected chi connectivity index (χ3v) is 8.99. The second kappa shape index (κ2) is 13.4. The lowest BCUT2D eigenvalue weighted by molar-refractivity contribution is 0.152. The molecule has 2 saturated carbocycles. The molecule has 0 aliphatic heterocycles. The van der Waals surface area contributed by atoms with E-state index < -0.39 is 0 Å². The van der Waals surface area contributed by atoms with Gasteiger partial charge in [0.25, 0.3) is 0 Å². The number of hydrogen-bond donors (Lipinski definition) is 0. The maximum absolute atomic E-state index is 15.3. The minimum atomic E-state index is 0.0148. The smallest absolute Gasteiger partial charge is 0.134 e. The van der Waals surface area contributed by atoms with Crippen molar-refractivity contribution in [3.63, 3.8) is 0 Å². The first-order chi connectivity index (χ1) is 17.2. The molecule has 0 atom stereocenters. The average molecular weight is 475 g/mol. The van der Waals surface area contributed by atoms with Crippen molar-refractivity contribution in [2.24, 2.45) is 23.7 Å². The topological polar surface area (TPSA) is 0 Å². The highest BCUT2D eigenvalue weighted by Gasteiger charge is 2.30. The van der Waals surface area contributed by atoms with Crippen LogP contribution in [-0.2, 0) is 12.8 Å². The van der Waals surface area contributed by atoms with Crippen LogP contribution in [0.5, 0.6) is 0 Å². The van der Waals surface area contributed by atoms with Gasteiger partial charge in [0.05, 0.1) is 0 Å². The van der Waals surface area contributed by atoms with E-state index >= 15 is 4.39 Å². The molecule has 2 aliphatic carbocycles. The summed E-state index contributed by atoms with van der Waals surface area (Å²) in [5.41, 5.74) is 2.21. The normalized spacial score (nSPS) is 25.7. The van der Waals surface area contributed by atoms with Crippen molar-refractivity contribution in [3.05, 3.63) is 71.6 Å². The minimum Gasteiger partial charge on any atom is -0.206 e. The standard InChI is InChI=1S/C34H47F/c1-3-5-7-9-26-11-17-29(18-12-26)30-19-13-27(14-20-30)15-21-31-22-23-32-25-28(10-8-6-4-2)16-24-33(32)34(31)35/h4,6-7,9,16,22-27,29-30H,3,5,8,10-15,17-21H2,1-2H3/b6-4+,9-7+. The second-order valence-corrected chi connectivity index (χ2v) is 11.4. The van der Waals surface area contributed by atoms with Crippen molar-refractivity contribution >= 4 is 10.8 Å². The van der Waals surface area contributed by atoms with Gasteiger partial charge in [-0.3, -0.25) is 0 Å². The molecule has 0 heterocycles. The summed E-state index contributed by atoms with van der Waals surface area (Å²) in [6.45, 7) is 4.32. The summed E-state index contributed by atoms with van der Waals surface area (Å²) in [5.74, 6) is 3.55. The molecule has 2 aromatic rings. The van der Waals surface area contributed by atoms with Gasteiger partial charge in [-0.15, -0.1) is 0 Å². The number of benzene rings is 2. The Kier molecular flexibility index (Phi) is 10.0. The van der Waals surface area contributed by atoms with Crippen LogP contribution < -0.4 is 0 Å². The van der Waals surface area contributed by atoms with Crippen LogP contribution in [0.15, 0.2) is 54.6 Å². The van der Waals surface area contributed by atoms with E-state index in [2.05, 4.69) is 56.4 Å². The lowest BCUT2D eigenvalue weighted by atomic mass is 9.68. The van der Waals surface area contributed by atoms with Crippen molar-refractivity contribution in [1.82, 2.24) is 0 Å². The fraction of sp³-hybridized carbons (Fsp3) is 0.588. The van der Waals surface area contributed by atoms with Crippen LogP contribution in [0.25, 0.3) is 10.8 Å². The van der Waals surface area contributed by atoms with Crippen molar-refractivity contribution in [2.75, 3.05) is 0 Å². The highest BCUT2D eigenvalue weighted by molar-refractivity contribution is 5.84. The van der Waals surface area contributed by atoms with Crippen LogP contribution >= 0.6 is 0 Å². The van der Waals surface area contributed by atoms with Gasteiger partial charge in [-0.2, -0.15) is 0 Å². The predicted octanol–water partition coefficient (Wildman–Crippen LogP) is 10.4. The molecule has 0 nitrogen and oxygen atoms in total. The molecular formula is C34H47F. The first kappa shape index (κ1) is 26.2. The molecule has 0 unspecified atom stereocenters. The van der Waals surface area contributed by atoms with E-state index in [1.165, 1.54) is 69.8 Å². The Labute approximate surface area is 214 Å². The van der Waals surface area contributed by atoms with Gasteiger partial charge in [-0.25, -0.2) is 4.39 Å². The molecule has 2 aliphatic rings. The maximum atomic E-state index is 15.3. The summed E-state index contributed by atoms with van der Waals surface area (Å²) in [5, 5.41) is 1.83. The van der Waals surface area contributed by atoms with Gasteiger partial charge in [0.2, 0.25) is 0 Å². The summed E-state index contributed by atoms with van der Waals surface area (Å²) < 4.78 is 15.3. The highest BCUT2D eigenvalue weighted by Crippen LogP contribution is 2.42. The number of aryl methyl sites for hydroxylation is 2. The SMILES string of the molecule is C/C=C/CCc1ccc2c(F)c(CCC3CCC(C4CCC(/C=C/CCC)CC4)CC3)ccc2c1. The van der Waals surface area contributed by atoms with Gasteiger partial charge in [-0.1, -0.05) is 80.8 Å². The van der Waals surface area contributed by atoms with Crippen molar-refractivity contribution < 1.29 is 4.39 Å². The summed E-state index contributed by atoms with van der Waals surface area (Å²) in [6, 6.07) is 10.5. The van der Waals surface area contributed by atoms with Gasteiger partial charge in [0.15, 0.2) is 0 Å². The van der Waals surface area contributed by atoms with Gasteiger partial charge < -0.3 is 0 Å². The molecule has 1 heteroatoms. The summed E-state index contributed by atoms with van der Waals surface area (Å²) in [4.78, 5) is 0. The van der Waals surface area contributed by atoms with Crippen LogP contribution in [0, 0.1) is 29.5 Å². The molecule has 0 aromatic heterocycles. The van der Waals surface area contributed by atoms with Crippen LogP contribution in [-0.4, -0.2) is 0 Å². The molecule has 4 rings (SSSR count). The molecule has 0 saturated heterocycles. The molecule has 0 bridgehead atoms. The number of halogens is 1. The summed E-state index contributed by atoms with van der Waals surface area (Å²) in [6.07, 6.45) is 27.0. The monoisotopic (exact) mass is 474 g/mol. The molecular weight excluding hydrogens is 427 g/mol. The van der Waals surface area contributed by atoms with E-state index in [0.717, 1.165) is 65.7 Å². The quantitative estimate of drug-likeness (QED) is 0.300. The summed E-state index contributed by atoms with van der Waals surface area (Å²) in [7, 11) is 0. The number of unbranched alkanes of at least 4 members (excludes halogenated alkanes) is 1. The van der Waals surface area contributed by atoms with Gasteiger partial charge in [0, 0.05) is 5.39 Å². The zero-order valence-electron chi connectivity index (χ0n) is 22.3. The molecule has 0 radical (unpaired) electrons. The van der Waals surface area contributed by atoms with E-state index in [-0.39, 0.29) is 5.82 Å². The van der Waals surface area contributed by atoms with E-state index in [1.807, 2.05) is 12.1 Å². The predicted molar refractivity (Wildman–Crippen MR) is 150 cm³/mol. The Bertz CT molecular complexity index is 967. The third kappa shape index (κ3) is 7.31. The van der Waals surface area contributed by atoms with Gasteiger partial charge in [-0.05, 0) is 118 Å². The van der Waals surface area contributed by atoms with E-state index in [4.69, 9.17) is 0 Å². The minimum absolute atomic E-state index is 0.0148. The number of fused-ring (bicyclic) bond motifs is 1. The maximum Gasteiger partial charge on any atom is 0.134 e. The Morgan fingerprint density at radius 3 is 2.29 bits per heavy atom. The molecule has 0 N–H and O–H groups in total. The largest absolute Gasteiger partial charge is 0.206 e. The lowest BCUT2D eigenvalue weighted by Gasteiger charge is -2.37. The number of allylic oxidation sites excluding steroid dienone is 4. The first-order valence-electron chi connectivity index (χ1n) is 14.7. The van der Waals surface area contributed by atoms with Gasteiger partial charge >= 0.3 is 0 Å². The highest BCUT2D eigenvalue weighted by atomic mass is 19.1. The van der Waals surface area contributed by atoms with Crippen molar-refractivity contribution in [2.45, 2.75) is 104 Å². The molecule has 190 valence electrons. The average Bonchev–Trinajstić information content (AvgIpc) is 2.89. The number of hydrogen-bond acceptors (Lipinski definition) is 0. The molecule has 2 fully saturated rings. The van der Waals surface area contributed by atoms with Crippen LogP contribution in [0.3, 0.4) is 0 Å². The number of rotatable bonds is 10. The zero-order valence-corrected chi connectivity index (χ0v) is 22.3. The third-order valence-electron chi connectivity index (χ3n) is 8.99. The second-order valence-electron chi connectivity index (χ2n) is 11.4. The van der Waals surface area contributed by atoms with E-state index in [9.17, 15) is 0 Å². The molecule has 2 aromatic carbocycles. The zero-order chi connectivity index (χ0) is 24.5. The van der Waals surface area contributed by atoms with E-state index in [0.29, 0.717) is 0 Å². The van der Waals surface area contributed by atoms with Gasteiger partial charge in [0.1, 0.15) is 5.82 Å². The Balaban J connectivity index is 1.23. The van der Waals surface area contributed by atoms with Crippen LogP contribution in [0.2, 0.25) is 0 Å². The van der Waals surface area contributed by atoms with Crippen molar-refractivity contribution in [3.8, 4) is 0 Å². The Morgan fingerprint density at radius 1 is 0.829 bits per heavy atom. The summed E-state index contributed by atoms with van der Waals surface area (Å²) >= 11 is 0. The molecule has 0 spiro atoms. The molecule has 35 heavy (non-hydrogen) atoms. The van der Waals surface area contributed by atoms with Crippen molar-refractivity contribution in [1.29, 1.82) is 0 Å². The Morgan fingerprint density at radius 2 is 1.57 bits per heavy atom. The fourth-order valence-electron chi connectivity index (χ4n) is 6.72. The molecule has 0 amide bonds. The van der Waals surface area contributed by atoms with E-state index in [1.54, 1.807) is 0 Å². The first-order valence-corrected chi connectivity index (χ1v) is 14.7. The lowest BCUT2D eigenvalue weighted by Crippen LogP contribution is -2.25.